The van der Waals surface area contributed by atoms with E-state index in [0.29, 0.717) is 31.1 Å². The van der Waals surface area contributed by atoms with Crippen LogP contribution in [0.3, 0.4) is 0 Å². The summed E-state index contributed by atoms with van der Waals surface area (Å²) in [6.07, 6.45) is 7.54. The predicted octanol–water partition coefficient (Wildman–Crippen LogP) is 5.36. The van der Waals surface area contributed by atoms with Crippen molar-refractivity contribution < 1.29 is 23.6 Å². The summed E-state index contributed by atoms with van der Waals surface area (Å²) >= 11 is 1.58. The van der Waals surface area contributed by atoms with Crippen molar-refractivity contribution >= 4 is 30.3 Å². The van der Waals surface area contributed by atoms with Gasteiger partial charge in [-0.05, 0) is 81.6 Å². The third kappa shape index (κ3) is 5.92. The van der Waals surface area contributed by atoms with E-state index in [2.05, 4.69) is 26.1 Å². The summed E-state index contributed by atoms with van der Waals surface area (Å²) in [6, 6.07) is 3.94. The number of hydrogen-bond acceptors (Lipinski definition) is 6. The molecule has 3 saturated carbocycles. The van der Waals surface area contributed by atoms with Crippen molar-refractivity contribution in [1.29, 1.82) is 0 Å². The fraction of sp³-hybridized carbons (Fsp3) is 0.714. The molecule has 4 fully saturated rings. The molecular formula is C28H42BNO5S. The summed E-state index contributed by atoms with van der Waals surface area (Å²) in [4.78, 5) is 26.1. The molecule has 3 aliphatic carbocycles. The zero-order valence-corrected chi connectivity index (χ0v) is 23.7. The Kier molecular flexibility index (Phi) is 7.81. The average molecular weight is 516 g/mol. The van der Waals surface area contributed by atoms with Gasteiger partial charge in [0.05, 0.1) is 30.5 Å². The number of carbonyl (C=O) groups is 2. The number of ether oxygens (including phenoxy) is 1. The number of thiophene rings is 1. The molecule has 1 amide bonds. The Morgan fingerprint density at radius 3 is 2.69 bits per heavy atom. The number of amides is 1. The van der Waals surface area contributed by atoms with Crippen molar-refractivity contribution in [3.8, 4) is 0 Å². The lowest BCUT2D eigenvalue weighted by Gasteiger charge is -2.64. The summed E-state index contributed by atoms with van der Waals surface area (Å²) in [5, 5.41) is 5.18. The highest BCUT2D eigenvalue weighted by Gasteiger charge is 2.68. The van der Waals surface area contributed by atoms with Gasteiger partial charge in [-0.3, -0.25) is 9.59 Å². The molecule has 1 unspecified atom stereocenters. The van der Waals surface area contributed by atoms with Crippen LogP contribution in [0.1, 0.15) is 79.0 Å². The smallest absolute Gasteiger partial charge is 0.460 e. The summed E-state index contributed by atoms with van der Waals surface area (Å²) < 4.78 is 18.6. The zero-order valence-electron chi connectivity index (χ0n) is 22.8. The van der Waals surface area contributed by atoms with Crippen LogP contribution in [0.15, 0.2) is 29.7 Å². The van der Waals surface area contributed by atoms with Crippen molar-refractivity contribution in [3.63, 3.8) is 0 Å². The number of hydrogen-bond donors (Lipinski definition) is 1. The Balaban J connectivity index is 1.41. The molecule has 0 spiro atoms. The topological polar surface area (TPSA) is 73.9 Å². The van der Waals surface area contributed by atoms with Crippen LogP contribution in [0.5, 0.6) is 0 Å². The minimum absolute atomic E-state index is 0.0286. The van der Waals surface area contributed by atoms with Crippen LogP contribution in [0, 0.1) is 23.2 Å². The molecule has 198 valence electrons. The molecule has 1 N–H and O–H groups in total. The highest BCUT2D eigenvalue weighted by Crippen LogP contribution is 2.65. The van der Waals surface area contributed by atoms with Gasteiger partial charge >= 0.3 is 13.1 Å². The van der Waals surface area contributed by atoms with E-state index >= 15 is 0 Å². The SMILES string of the molecule is CC(/C=C\C[C@@H](NC(=O)Cc1cccs1)B1O[C@@H]2C[C@@H]3C[C@@H](C3(C)C)[C@]2(C)O1)CC(=O)OC(C)(C)C. The monoisotopic (exact) mass is 515 g/mol. The normalized spacial score (nSPS) is 30.4. The quantitative estimate of drug-likeness (QED) is 0.272. The Labute approximate surface area is 220 Å². The largest absolute Gasteiger partial charge is 0.482 e. The van der Waals surface area contributed by atoms with E-state index in [1.54, 1.807) is 11.3 Å². The number of nitrogens with one attached hydrogen (secondary N) is 1. The zero-order chi connectivity index (χ0) is 26.3. The molecule has 5 rings (SSSR count). The first kappa shape index (κ1) is 27.4. The second-order valence-corrected chi connectivity index (χ2v) is 13.7. The van der Waals surface area contributed by atoms with Gasteiger partial charge in [-0.25, -0.2) is 0 Å². The van der Waals surface area contributed by atoms with Gasteiger partial charge in [0.25, 0.3) is 0 Å². The highest BCUT2D eigenvalue weighted by atomic mass is 32.1. The number of carbonyl (C=O) groups excluding carboxylic acids is 2. The summed E-state index contributed by atoms with van der Waals surface area (Å²) in [5.41, 5.74) is -0.552. The molecule has 1 aromatic heterocycles. The van der Waals surface area contributed by atoms with Gasteiger partial charge in [-0.15, -0.1) is 11.3 Å². The minimum Gasteiger partial charge on any atom is -0.460 e. The molecule has 36 heavy (non-hydrogen) atoms. The highest BCUT2D eigenvalue weighted by molar-refractivity contribution is 7.10. The maximum Gasteiger partial charge on any atom is 0.482 e. The minimum atomic E-state index is -0.492. The molecule has 2 bridgehead atoms. The molecule has 0 radical (unpaired) electrons. The van der Waals surface area contributed by atoms with Crippen molar-refractivity contribution in [1.82, 2.24) is 5.32 Å². The maximum absolute atomic E-state index is 12.9. The van der Waals surface area contributed by atoms with E-state index in [-0.39, 0.29) is 40.9 Å². The Bertz CT molecular complexity index is 971. The van der Waals surface area contributed by atoms with Crippen molar-refractivity contribution in [2.24, 2.45) is 23.2 Å². The van der Waals surface area contributed by atoms with Crippen molar-refractivity contribution in [2.75, 3.05) is 0 Å². The van der Waals surface area contributed by atoms with E-state index in [9.17, 15) is 9.59 Å². The molecular weight excluding hydrogens is 473 g/mol. The molecule has 1 saturated heterocycles. The molecule has 4 aliphatic rings. The molecule has 1 aliphatic heterocycles. The third-order valence-corrected chi connectivity index (χ3v) is 9.20. The first-order valence-corrected chi connectivity index (χ1v) is 14.2. The van der Waals surface area contributed by atoms with Gasteiger partial charge in [-0.1, -0.05) is 39.0 Å². The summed E-state index contributed by atoms with van der Waals surface area (Å²) in [7, 11) is -0.492. The van der Waals surface area contributed by atoms with Crippen LogP contribution in [-0.4, -0.2) is 42.2 Å². The lowest BCUT2D eigenvalue weighted by molar-refractivity contribution is -0.199. The number of allylic oxidation sites excluding steroid dienone is 1. The van der Waals surface area contributed by atoms with Crippen LogP contribution < -0.4 is 5.32 Å². The van der Waals surface area contributed by atoms with Crippen LogP contribution in [-0.2, 0) is 30.1 Å². The third-order valence-electron chi connectivity index (χ3n) is 8.32. The molecule has 2 heterocycles. The Morgan fingerprint density at radius 1 is 1.31 bits per heavy atom. The summed E-state index contributed by atoms with van der Waals surface area (Å²) in [6.45, 7) is 14.5. The lowest BCUT2D eigenvalue weighted by Crippen LogP contribution is -2.65. The maximum atomic E-state index is 12.9. The van der Waals surface area contributed by atoms with Gasteiger partial charge < -0.3 is 19.4 Å². The van der Waals surface area contributed by atoms with E-state index in [1.807, 2.05) is 57.4 Å². The second kappa shape index (κ2) is 10.3. The molecule has 6 nitrogen and oxygen atoms in total. The van der Waals surface area contributed by atoms with Crippen LogP contribution in [0.4, 0.5) is 0 Å². The van der Waals surface area contributed by atoms with Crippen molar-refractivity contribution in [2.45, 2.75) is 104 Å². The van der Waals surface area contributed by atoms with Gasteiger partial charge in [0.2, 0.25) is 5.91 Å². The molecule has 1 aromatic rings. The van der Waals surface area contributed by atoms with Gasteiger partial charge in [0.1, 0.15) is 5.60 Å². The van der Waals surface area contributed by atoms with E-state index in [0.717, 1.165) is 11.3 Å². The first-order valence-electron chi connectivity index (χ1n) is 13.3. The standard InChI is InChI=1S/C28H42BNO5S/c1-18(14-25(32)33-26(2,3)4)10-8-12-23(30-24(31)17-20-11-9-13-36-20)29-34-22-16-19-15-21(27(19,5)6)28(22,7)35-29/h8-11,13,18-19,21-23H,12,14-17H2,1-7H3,(H,30,31)/b10-8-/t18?,19-,21-,22+,23+,28-/m0/s1. The van der Waals surface area contributed by atoms with Gasteiger partial charge in [0.15, 0.2) is 0 Å². The molecule has 8 heteroatoms. The predicted molar refractivity (Wildman–Crippen MR) is 143 cm³/mol. The lowest BCUT2D eigenvalue weighted by atomic mass is 9.43. The van der Waals surface area contributed by atoms with Crippen LogP contribution >= 0.6 is 11.3 Å². The molecule has 0 aromatic carbocycles. The average Bonchev–Trinajstić information content (AvgIpc) is 3.37. The van der Waals surface area contributed by atoms with Crippen molar-refractivity contribution in [3.05, 3.63) is 34.5 Å². The number of esters is 1. The number of rotatable bonds is 9. The fourth-order valence-electron chi connectivity index (χ4n) is 6.31. The van der Waals surface area contributed by atoms with Gasteiger partial charge in [-0.2, -0.15) is 0 Å². The van der Waals surface area contributed by atoms with Crippen LogP contribution in [0.25, 0.3) is 0 Å². The molecule has 6 atom stereocenters. The fourth-order valence-corrected chi connectivity index (χ4v) is 7.01. The van der Waals surface area contributed by atoms with E-state index < -0.39 is 12.7 Å². The first-order chi connectivity index (χ1) is 16.8. The second-order valence-electron chi connectivity index (χ2n) is 12.7. The van der Waals surface area contributed by atoms with E-state index in [1.165, 1.54) is 6.42 Å². The van der Waals surface area contributed by atoms with Crippen LogP contribution in [0.2, 0.25) is 0 Å². The summed E-state index contributed by atoms with van der Waals surface area (Å²) in [5.74, 6) is 0.621. The Hall–Kier alpha value is -1.64. The Morgan fingerprint density at radius 2 is 2.06 bits per heavy atom. The van der Waals surface area contributed by atoms with Gasteiger partial charge in [0, 0.05) is 4.88 Å². The van der Waals surface area contributed by atoms with E-state index in [4.69, 9.17) is 14.0 Å².